The number of Topliss-reactive ketones (excluding diaryl/α,β-unsaturated/α-hetero) is 1. The number of hydrogen-bond donors (Lipinski definition) is 0. The molecule has 8 nitrogen and oxygen atoms in total. The van der Waals surface area contributed by atoms with Crippen molar-refractivity contribution in [1.82, 2.24) is 4.90 Å². The fraction of sp³-hybridized carbons (Fsp3) is 0.207. The zero-order chi connectivity index (χ0) is 30.1. The topological polar surface area (TPSA) is 107 Å². The second-order valence-electron chi connectivity index (χ2n) is 9.38. The number of carbonyl (C=O) groups is 3. The number of thioether (sulfide) groups is 1. The molecular formula is C29H22F3NO7S2. The van der Waals surface area contributed by atoms with Crippen LogP contribution in [-0.4, -0.2) is 47.6 Å². The quantitative estimate of drug-likeness (QED) is 0.112. The van der Waals surface area contributed by atoms with Crippen molar-refractivity contribution < 1.29 is 44.9 Å². The van der Waals surface area contributed by atoms with Gasteiger partial charge in [0.25, 0.3) is 0 Å². The first-order valence-corrected chi connectivity index (χ1v) is 15.0. The van der Waals surface area contributed by atoms with E-state index in [1.807, 2.05) is 0 Å². The molecule has 0 aliphatic carbocycles. The molecule has 2 aliphatic rings. The minimum atomic E-state index is -6.19. The molecule has 0 aromatic heterocycles. The summed E-state index contributed by atoms with van der Waals surface area (Å²) < 4.78 is 73.6. The van der Waals surface area contributed by atoms with Crippen molar-refractivity contribution in [3.63, 3.8) is 0 Å². The van der Waals surface area contributed by atoms with Crippen LogP contribution in [0.15, 0.2) is 102 Å². The third-order valence-electron chi connectivity index (χ3n) is 6.62. The molecule has 0 bridgehead atoms. The van der Waals surface area contributed by atoms with E-state index in [9.17, 15) is 36.0 Å². The average molecular weight is 618 g/mol. The van der Waals surface area contributed by atoms with Gasteiger partial charge < -0.3 is 8.92 Å². The minimum absolute atomic E-state index is 0.0818. The summed E-state index contributed by atoms with van der Waals surface area (Å²) in [7, 11) is -6.19. The van der Waals surface area contributed by atoms with Gasteiger partial charge in [0.05, 0.1) is 5.75 Å². The molecule has 218 valence electrons. The molecule has 1 amide bonds. The van der Waals surface area contributed by atoms with Crippen molar-refractivity contribution in [2.24, 2.45) is 5.92 Å². The van der Waals surface area contributed by atoms with Gasteiger partial charge in [-0.25, -0.2) is 4.79 Å². The van der Waals surface area contributed by atoms with Crippen LogP contribution >= 0.6 is 11.8 Å². The van der Waals surface area contributed by atoms with Gasteiger partial charge in [0.15, 0.2) is 23.3 Å². The van der Waals surface area contributed by atoms with Crippen LogP contribution in [0.5, 0.6) is 0 Å². The molecule has 0 N–H and O–H groups in total. The summed E-state index contributed by atoms with van der Waals surface area (Å²) >= 11 is 0.818. The van der Waals surface area contributed by atoms with Gasteiger partial charge in [-0.05, 0) is 16.7 Å². The zero-order valence-corrected chi connectivity index (χ0v) is 23.2. The number of β-lactam (4-membered cyclic amide) rings is 1. The number of ketones is 1. The Bertz CT molecular complexity index is 1590. The highest BCUT2D eigenvalue weighted by molar-refractivity contribution is 8.00. The van der Waals surface area contributed by atoms with Crippen molar-refractivity contribution >= 4 is 39.5 Å². The molecule has 1 saturated heterocycles. The Balaban J connectivity index is 1.50. The van der Waals surface area contributed by atoms with Gasteiger partial charge in [-0.3, -0.25) is 14.5 Å². The van der Waals surface area contributed by atoms with E-state index in [0.29, 0.717) is 16.7 Å². The maximum atomic E-state index is 13.7. The van der Waals surface area contributed by atoms with Gasteiger partial charge in [-0.2, -0.15) is 21.6 Å². The normalized spacial score (nSPS) is 18.8. The number of hydrogen-bond acceptors (Lipinski definition) is 8. The van der Waals surface area contributed by atoms with Crippen LogP contribution in [-0.2, 0) is 39.8 Å². The van der Waals surface area contributed by atoms with Crippen LogP contribution in [0.4, 0.5) is 13.2 Å². The molecular weight excluding hydrogens is 595 g/mol. The summed E-state index contributed by atoms with van der Waals surface area (Å²) in [5.41, 5.74) is -4.91. The maximum absolute atomic E-state index is 13.7. The van der Waals surface area contributed by atoms with Gasteiger partial charge in [0, 0.05) is 6.42 Å². The maximum Gasteiger partial charge on any atom is 0.534 e. The van der Waals surface area contributed by atoms with Crippen molar-refractivity contribution in [1.29, 1.82) is 0 Å². The highest BCUT2D eigenvalue weighted by atomic mass is 32.2. The van der Waals surface area contributed by atoms with E-state index < -0.39 is 67.9 Å². The average Bonchev–Trinajstić information content (AvgIpc) is 2.96. The summed E-state index contributed by atoms with van der Waals surface area (Å²) in [5, 5.41) is -0.968. The van der Waals surface area contributed by atoms with Gasteiger partial charge >= 0.3 is 21.6 Å². The first-order chi connectivity index (χ1) is 20.0. The molecule has 2 heterocycles. The number of esters is 1. The van der Waals surface area contributed by atoms with Crippen molar-refractivity contribution in [2.45, 2.75) is 23.4 Å². The number of amides is 1. The predicted octanol–water partition coefficient (Wildman–Crippen LogP) is 4.74. The molecule has 5 rings (SSSR count). The second-order valence-corrected chi connectivity index (χ2v) is 12.0. The van der Waals surface area contributed by atoms with Gasteiger partial charge in [0.1, 0.15) is 11.3 Å². The SMILES string of the molecule is O=C(OC(c1ccccc1)c1ccccc1)C1=C(OS(=O)(=O)C(F)(F)F)CS[C@H]2C(C(=O)Cc3ccccc3)C(=O)N12. The predicted molar refractivity (Wildman–Crippen MR) is 146 cm³/mol. The summed E-state index contributed by atoms with van der Waals surface area (Å²) in [6, 6.07) is 25.5. The number of fused-ring (bicyclic) bond motifs is 1. The first kappa shape index (κ1) is 29.4. The molecule has 1 fully saturated rings. The lowest BCUT2D eigenvalue weighted by molar-refractivity contribution is -0.159. The van der Waals surface area contributed by atoms with Gasteiger partial charge in [-0.1, -0.05) is 91.0 Å². The molecule has 13 heteroatoms. The van der Waals surface area contributed by atoms with Crippen molar-refractivity contribution in [3.8, 4) is 0 Å². The highest BCUT2D eigenvalue weighted by Gasteiger charge is 2.58. The molecule has 0 saturated carbocycles. The van der Waals surface area contributed by atoms with Crippen LogP contribution in [0.25, 0.3) is 0 Å². The first-order valence-electron chi connectivity index (χ1n) is 12.5. The molecule has 2 atom stereocenters. The third-order valence-corrected chi connectivity index (χ3v) is 8.86. The number of ether oxygens (including phenoxy) is 1. The Morgan fingerprint density at radius 2 is 1.43 bits per heavy atom. The molecule has 3 aromatic carbocycles. The van der Waals surface area contributed by atoms with Gasteiger partial charge in [-0.15, -0.1) is 11.8 Å². The Morgan fingerprint density at radius 3 is 1.95 bits per heavy atom. The Morgan fingerprint density at radius 1 is 0.905 bits per heavy atom. The third kappa shape index (κ3) is 5.79. The van der Waals surface area contributed by atoms with Crippen molar-refractivity contribution in [3.05, 3.63) is 119 Å². The van der Waals surface area contributed by atoms with E-state index in [4.69, 9.17) is 4.74 Å². The summed E-state index contributed by atoms with van der Waals surface area (Å²) in [6.45, 7) is 0. The summed E-state index contributed by atoms with van der Waals surface area (Å²) in [5.74, 6) is -5.26. The van der Waals surface area contributed by atoms with E-state index in [-0.39, 0.29) is 6.42 Å². The minimum Gasteiger partial charge on any atom is -0.448 e. The number of halogens is 3. The van der Waals surface area contributed by atoms with Gasteiger partial charge in [0.2, 0.25) is 5.91 Å². The van der Waals surface area contributed by atoms with E-state index in [1.165, 1.54) is 0 Å². The second kappa shape index (κ2) is 11.6. The lowest BCUT2D eigenvalue weighted by atomic mass is 9.88. The summed E-state index contributed by atoms with van der Waals surface area (Å²) in [4.78, 5) is 40.8. The van der Waals surface area contributed by atoms with E-state index in [0.717, 1.165) is 16.7 Å². The van der Waals surface area contributed by atoms with Crippen LogP contribution < -0.4 is 0 Å². The molecule has 2 aliphatic heterocycles. The fourth-order valence-electron chi connectivity index (χ4n) is 4.64. The summed E-state index contributed by atoms with van der Waals surface area (Å²) in [6.07, 6.45) is -1.14. The fourth-order valence-corrected chi connectivity index (χ4v) is 6.55. The largest absolute Gasteiger partial charge is 0.534 e. The Labute approximate surface area is 243 Å². The van der Waals surface area contributed by atoms with Crippen LogP contribution in [0.2, 0.25) is 0 Å². The van der Waals surface area contributed by atoms with E-state index >= 15 is 0 Å². The zero-order valence-electron chi connectivity index (χ0n) is 21.6. The molecule has 3 aromatic rings. The van der Waals surface area contributed by atoms with E-state index in [2.05, 4.69) is 4.18 Å². The number of alkyl halides is 3. The number of benzene rings is 3. The Kier molecular flexibility index (Phi) is 8.15. The van der Waals surface area contributed by atoms with E-state index in [1.54, 1.807) is 91.0 Å². The van der Waals surface area contributed by atoms with Crippen LogP contribution in [0.1, 0.15) is 22.8 Å². The molecule has 0 spiro atoms. The molecule has 1 unspecified atom stereocenters. The highest BCUT2D eigenvalue weighted by Crippen LogP contribution is 2.46. The standard InChI is InChI=1S/C29H22F3NO7S2/c30-29(31,32)42(37,38)40-22-17-41-27-23(21(34)16-18-10-4-1-5-11-18)26(35)33(27)24(22)28(36)39-25(19-12-6-2-7-13-19)20-14-8-3-9-15-20/h1-15,23,25,27H,16-17H2/t23?,27-/m0/s1. The van der Waals surface area contributed by atoms with Crippen LogP contribution in [0, 0.1) is 5.92 Å². The lowest BCUT2D eigenvalue weighted by Gasteiger charge is -2.48. The molecule has 42 heavy (non-hydrogen) atoms. The van der Waals surface area contributed by atoms with Crippen LogP contribution in [0.3, 0.4) is 0 Å². The lowest BCUT2D eigenvalue weighted by Crippen LogP contribution is -2.64. The monoisotopic (exact) mass is 617 g/mol. The molecule has 0 radical (unpaired) electrons. The van der Waals surface area contributed by atoms with Crippen molar-refractivity contribution in [2.75, 3.05) is 5.75 Å². The number of nitrogens with zero attached hydrogens (tertiary/aromatic N) is 1. The smallest absolute Gasteiger partial charge is 0.448 e. The number of rotatable bonds is 9. The Hall–Kier alpha value is -4.10. The number of carbonyl (C=O) groups excluding carboxylic acids is 3.